The van der Waals surface area contributed by atoms with Crippen molar-refractivity contribution in [2.75, 3.05) is 17.2 Å². The highest BCUT2D eigenvalue weighted by Gasteiger charge is 2.22. The number of carbonyl (C=O) groups is 1. The summed E-state index contributed by atoms with van der Waals surface area (Å²) in [6, 6.07) is 7.20. The summed E-state index contributed by atoms with van der Waals surface area (Å²) < 4.78 is 5.33. The minimum absolute atomic E-state index is 0.356. The van der Waals surface area contributed by atoms with Crippen molar-refractivity contribution in [1.29, 1.82) is 0 Å². The summed E-state index contributed by atoms with van der Waals surface area (Å²) in [5, 5.41) is 0. The van der Waals surface area contributed by atoms with Crippen molar-refractivity contribution in [2.45, 2.75) is 33.3 Å². The van der Waals surface area contributed by atoms with E-state index in [9.17, 15) is 4.79 Å². The Hall–Kier alpha value is -1.71. The molecule has 0 aliphatic carbocycles. The van der Waals surface area contributed by atoms with Crippen molar-refractivity contribution < 1.29 is 9.53 Å². The number of nitrogen functional groups attached to an aromatic ring is 1. The molecule has 4 heteroatoms. The minimum Gasteiger partial charge on any atom is -0.443 e. The maximum Gasteiger partial charge on any atom is 0.414 e. The molecule has 94 valence electrons. The van der Waals surface area contributed by atoms with Gasteiger partial charge in [-0.1, -0.05) is 6.07 Å². The zero-order valence-corrected chi connectivity index (χ0v) is 10.9. The maximum absolute atomic E-state index is 12.0. The third-order valence-electron chi connectivity index (χ3n) is 2.11. The third-order valence-corrected chi connectivity index (χ3v) is 2.11. The van der Waals surface area contributed by atoms with E-state index in [0.29, 0.717) is 12.2 Å². The molecule has 0 aliphatic rings. The Labute approximate surface area is 102 Å². The van der Waals surface area contributed by atoms with E-state index < -0.39 is 5.60 Å². The molecule has 0 bridgehead atoms. The standard InChI is InChI=1S/C13H20N2O2/c1-5-15(12(16)17-13(2,3)4)11-8-6-7-10(14)9-11/h6-9H,5,14H2,1-4H3. The van der Waals surface area contributed by atoms with E-state index in [1.807, 2.05) is 39.8 Å². The Morgan fingerprint density at radius 1 is 1.41 bits per heavy atom. The highest BCUT2D eigenvalue weighted by Crippen LogP contribution is 2.20. The summed E-state index contributed by atoms with van der Waals surface area (Å²) >= 11 is 0. The number of ether oxygens (including phenoxy) is 1. The molecule has 0 saturated heterocycles. The molecule has 0 aromatic heterocycles. The maximum atomic E-state index is 12.0. The Bertz CT molecular complexity index is 397. The van der Waals surface area contributed by atoms with Crippen LogP contribution in [0.1, 0.15) is 27.7 Å². The molecule has 0 radical (unpaired) electrons. The molecule has 1 rings (SSSR count). The van der Waals surface area contributed by atoms with Crippen LogP contribution >= 0.6 is 0 Å². The van der Waals surface area contributed by atoms with Crippen LogP contribution in [0.4, 0.5) is 16.2 Å². The highest BCUT2D eigenvalue weighted by atomic mass is 16.6. The smallest absolute Gasteiger partial charge is 0.414 e. The van der Waals surface area contributed by atoms with E-state index in [2.05, 4.69) is 0 Å². The number of rotatable bonds is 2. The molecular formula is C13H20N2O2. The van der Waals surface area contributed by atoms with Gasteiger partial charge in [0.15, 0.2) is 0 Å². The van der Waals surface area contributed by atoms with E-state index in [1.54, 1.807) is 17.0 Å². The molecule has 4 nitrogen and oxygen atoms in total. The molecule has 0 fully saturated rings. The van der Waals surface area contributed by atoms with Gasteiger partial charge in [-0.3, -0.25) is 4.90 Å². The summed E-state index contributed by atoms with van der Waals surface area (Å²) in [5.41, 5.74) is 6.59. The summed E-state index contributed by atoms with van der Waals surface area (Å²) in [5.74, 6) is 0. The molecule has 2 N–H and O–H groups in total. The van der Waals surface area contributed by atoms with Gasteiger partial charge in [-0.05, 0) is 45.9 Å². The van der Waals surface area contributed by atoms with Gasteiger partial charge in [-0.2, -0.15) is 0 Å². The van der Waals surface area contributed by atoms with Gasteiger partial charge in [-0.15, -0.1) is 0 Å². The van der Waals surface area contributed by atoms with Crippen LogP contribution in [-0.4, -0.2) is 18.2 Å². The molecule has 0 atom stereocenters. The molecule has 1 aromatic rings. The second-order valence-corrected chi connectivity index (χ2v) is 4.82. The van der Waals surface area contributed by atoms with Gasteiger partial charge < -0.3 is 10.5 Å². The van der Waals surface area contributed by atoms with Crippen LogP contribution in [0.15, 0.2) is 24.3 Å². The van der Waals surface area contributed by atoms with E-state index >= 15 is 0 Å². The van der Waals surface area contributed by atoms with Crippen molar-refractivity contribution in [1.82, 2.24) is 0 Å². The lowest BCUT2D eigenvalue weighted by Crippen LogP contribution is -2.36. The molecule has 1 aromatic carbocycles. The molecule has 0 heterocycles. The van der Waals surface area contributed by atoms with Crippen molar-refractivity contribution >= 4 is 17.5 Å². The molecule has 0 spiro atoms. The van der Waals surface area contributed by atoms with Crippen LogP contribution in [0.25, 0.3) is 0 Å². The predicted molar refractivity (Wildman–Crippen MR) is 70.1 cm³/mol. The number of benzene rings is 1. The van der Waals surface area contributed by atoms with Crippen molar-refractivity contribution in [2.24, 2.45) is 0 Å². The summed E-state index contributed by atoms with van der Waals surface area (Å²) in [4.78, 5) is 13.5. The van der Waals surface area contributed by atoms with Gasteiger partial charge in [0.05, 0.1) is 0 Å². The lowest BCUT2D eigenvalue weighted by atomic mass is 10.2. The molecular weight excluding hydrogens is 216 g/mol. The summed E-state index contributed by atoms with van der Waals surface area (Å²) in [6.07, 6.45) is -0.356. The van der Waals surface area contributed by atoms with E-state index in [1.165, 1.54) is 0 Å². The van der Waals surface area contributed by atoms with Crippen molar-refractivity contribution in [3.05, 3.63) is 24.3 Å². The summed E-state index contributed by atoms with van der Waals surface area (Å²) in [7, 11) is 0. The average Bonchev–Trinajstić information content (AvgIpc) is 2.15. The predicted octanol–water partition coefficient (Wildman–Crippen LogP) is 3.03. The highest BCUT2D eigenvalue weighted by molar-refractivity contribution is 5.88. The number of anilines is 2. The average molecular weight is 236 g/mol. The fourth-order valence-electron chi connectivity index (χ4n) is 1.43. The molecule has 1 amide bonds. The number of carbonyl (C=O) groups excluding carboxylic acids is 1. The van der Waals surface area contributed by atoms with Crippen LogP contribution < -0.4 is 10.6 Å². The first kappa shape index (κ1) is 13.4. The Morgan fingerprint density at radius 2 is 2.06 bits per heavy atom. The van der Waals surface area contributed by atoms with E-state index in [4.69, 9.17) is 10.5 Å². The van der Waals surface area contributed by atoms with Crippen LogP contribution in [0.5, 0.6) is 0 Å². The fourth-order valence-corrected chi connectivity index (χ4v) is 1.43. The third kappa shape index (κ3) is 3.98. The summed E-state index contributed by atoms with van der Waals surface area (Å²) in [6.45, 7) is 7.97. The van der Waals surface area contributed by atoms with Crippen LogP contribution in [0.3, 0.4) is 0 Å². The van der Waals surface area contributed by atoms with E-state index in [-0.39, 0.29) is 6.09 Å². The minimum atomic E-state index is -0.495. The quantitative estimate of drug-likeness (QED) is 0.803. The lowest BCUT2D eigenvalue weighted by molar-refractivity contribution is 0.0582. The number of hydrogen-bond donors (Lipinski definition) is 1. The Balaban J connectivity index is 2.88. The topological polar surface area (TPSA) is 55.6 Å². The lowest BCUT2D eigenvalue weighted by Gasteiger charge is -2.26. The number of nitrogens with two attached hydrogens (primary N) is 1. The van der Waals surface area contributed by atoms with Gasteiger partial charge in [0.25, 0.3) is 0 Å². The van der Waals surface area contributed by atoms with Crippen LogP contribution in [-0.2, 0) is 4.74 Å². The second-order valence-electron chi connectivity index (χ2n) is 4.82. The first-order valence-electron chi connectivity index (χ1n) is 5.69. The van der Waals surface area contributed by atoms with Gasteiger partial charge in [-0.25, -0.2) is 4.79 Å². The fraction of sp³-hybridized carbons (Fsp3) is 0.462. The molecule has 0 saturated carbocycles. The molecule has 17 heavy (non-hydrogen) atoms. The second kappa shape index (κ2) is 5.08. The largest absolute Gasteiger partial charge is 0.443 e. The van der Waals surface area contributed by atoms with Crippen LogP contribution in [0.2, 0.25) is 0 Å². The number of nitrogens with zero attached hydrogens (tertiary/aromatic N) is 1. The Kier molecular flexibility index (Phi) is 3.99. The first-order chi connectivity index (χ1) is 7.83. The molecule has 0 unspecified atom stereocenters. The molecule has 0 aliphatic heterocycles. The van der Waals surface area contributed by atoms with Crippen molar-refractivity contribution in [3.63, 3.8) is 0 Å². The zero-order chi connectivity index (χ0) is 13.1. The van der Waals surface area contributed by atoms with Gasteiger partial charge >= 0.3 is 6.09 Å². The SMILES string of the molecule is CCN(C(=O)OC(C)(C)C)c1cccc(N)c1. The first-order valence-corrected chi connectivity index (χ1v) is 5.69. The van der Waals surface area contributed by atoms with Gasteiger partial charge in [0.1, 0.15) is 5.60 Å². The number of hydrogen-bond acceptors (Lipinski definition) is 3. The van der Waals surface area contributed by atoms with E-state index in [0.717, 1.165) is 5.69 Å². The van der Waals surface area contributed by atoms with Gasteiger partial charge in [0.2, 0.25) is 0 Å². The normalized spacial score (nSPS) is 11.1. The van der Waals surface area contributed by atoms with Crippen molar-refractivity contribution in [3.8, 4) is 0 Å². The Morgan fingerprint density at radius 3 is 2.53 bits per heavy atom. The van der Waals surface area contributed by atoms with Crippen LogP contribution in [0, 0.1) is 0 Å². The van der Waals surface area contributed by atoms with Gasteiger partial charge in [0, 0.05) is 17.9 Å². The monoisotopic (exact) mass is 236 g/mol. The zero-order valence-electron chi connectivity index (χ0n) is 10.9. The number of amides is 1.